The lowest BCUT2D eigenvalue weighted by Crippen LogP contribution is -2.45. The number of nitrogens with one attached hydrogen (secondary N) is 1. The van der Waals surface area contributed by atoms with E-state index in [2.05, 4.69) is 5.32 Å². The Morgan fingerprint density at radius 1 is 1.16 bits per heavy atom. The second-order valence-electron chi connectivity index (χ2n) is 5.36. The third kappa shape index (κ3) is 3.34. The van der Waals surface area contributed by atoms with E-state index in [0.29, 0.717) is 6.54 Å². The molecule has 1 atom stereocenters. The first kappa shape index (κ1) is 14.5. The normalized spacial score (nSPS) is 20.2. The lowest BCUT2D eigenvalue weighted by Gasteiger charge is -2.39. The molecule has 0 heterocycles. The number of aliphatic hydroxyl groups is 2. The van der Waals surface area contributed by atoms with Gasteiger partial charge in [0.05, 0.1) is 6.61 Å². The summed E-state index contributed by atoms with van der Waals surface area (Å²) < 4.78 is 0. The highest BCUT2D eigenvalue weighted by molar-refractivity contribution is 5.30. The molecule has 0 spiro atoms. The maximum atomic E-state index is 9.36. The van der Waals surface area contributed by atoms with E-state index in [9.17, 15) is 5.11 Å². The van der Waals surface area contributed by atoms with Crippen molar-refractivity contribution in [2.24, 2.45) is 5.73 Å². The summed E-state index contributed by atoms with van der Waals surface area (Å²) in [7, 11) is 0. The number of aliphatic hydroxyl groups excluding tert-OH is 2. The molecule has 1 unspecified atom stereocenters. The Labute approximate surface area is 114 Å². The molecule has 0 radical (unpaired) electrons. The molecule has 5 N–H and O–H groups in total. The number of benzene rings is 1. The Morgan fingerprint density at radius 3 is 2.32 bits per heavy atom. The van der Waals surface area contributed by atoms with Crippen molar-refractivity contribution in [1.82, 2.24) is 5.32 Å². The van der Waals surface area contributed by atoms with Crippen LogP contribution in [-0.4, -0.2) is 23.4 Å². The third-order valence-corrected chi connectivity index (χ3v) is 4.09. The van der Waals surface area contributed by atoms with Crippen LogP contribution < -0.4 is 11.1 Å². The van der Waals surface area contributed by atoms with Gasteiger partial charge in [0.2, 0.25) is 0 Å². The highest BCUT2D eigenvalue weighted by Gasteiger charge is 2.32. The van der Waals surface area contributed by atoms with Crippen LogP contribution in [0.5, 0.6) is 0 Å². The highest BCUT2D eigenvalue weighted by Crippen LogP contribution is 2.37. The van der Waals surface area contributed by atoms with Gasteiger partial charge in [-0.15, -0.1) is 0 Å². The number of hydrogen-bond donors (Lipinski definition) is 4. The molecular formula is C15H24N2O2. The molecule has 0 saturated heterocycles. The Morgan fingerprint density at radius 2 is 1.79 bits per heavy atom. The zero-order valence-corrected chi connectivity index (χ0v) is 11.3. The predicted octanol–water partition coefficient (Wildman–Crippen LogP) is 1.38. The van der Waals surface area contributed by atoms with E-state index in [1.54, 1.807) is 0 Å². The molecule has 4 heteroatoms. The molecule has 2 rings (SSSR count). The standard InChI is InChI=1S/C15H24N2O2/c16-14(19)12-4-6-13(7-5-12)15(17-10-11-18)8-2-1-3-9-15/h4-7,14,17-19H,1-3,8-11,16H2. The van der Waals surface area contributed by atoms with Crippen molar-refractivity contribution >= 4 is 0 Å². The van der Waals surface area contributed by atoms with Gasteiger partial charge in [-0.2, -0.15) is 0 Å². The SMILES string of the molecule is NC(O)c1ccc(C2(NCCO)CCCCC2)cc1. The van der Waals surface area contributed by atoms with Crippen molar-refractivity contribution in [3.8, 4) is 0 Å². The molecule has 1 aliphatic carbocycles. The van der Waals surface area contributed by atoms with E-state index >= 15 is 0 Å². The van der Waals surface area contributed by atoms with Crippen LogP contribution in [0.1, 0.15) is 49.5 Å². The molecule has 0 bridgehead atoms. The van der Waals surface area contributed by atoms with Crippen LogP contribution in [0.15, 0.2) is 24.3 Å². The molecule has 1 aliphatic rings. The van der Waals surface area contributed by atoms with Crippen LogP contribution in [0.4, 0.5) is 0 Å². The summed E-state index contributed by atoms with van der Waals surface area (Å²) in [6.07, 6.45) is 4.97. The van der Waals surface area contributed by atoms with E-state index in [-0.39, 0.29) is 12.1 Å². The van der Waals surface area contributed by atoms with Crippen LogP contribution in [0.25, 0.3) is 0 Å². The molecule has 1 aromatic carbocycles. The molecular weight excluding hydrogens is 240 g/mol. The first-order valence-electron chi connectivity index (χ1n) is 7.08. The molecule has 19 heavy (non-hydrogen) atoms. The van der Waals surface area contributed by atoms with Crippen LogP contribution in [0.2, 0.25) is 0 Å². The fourth-order valence-electron chi connectivity index (χ4n) is 3.02. The highest BCUT2D eigenvalue weighted by atomic mass is 16.3. The summed E-state index contributed by atoms with van der Waals surface area (Å²) in [5.74, 6) is 0. The van der Waals surface area contributed by atoms with E-state index in [4.69, 9.17) is 10.8 Å². The summed E-state index contributed by atoms with van der Waals surface area (Å²) >= 11 is 0. The van der Waals surface area contributed by atoms with Gasteiger partial charge in [-0.05, 0) is 24.0 Å². The van der Waals surface area contributed by atoms with E-state index in [0.717, 1.165) is 18.4 Å². The van der Waals surface area contributed by atoms with Crippen LogP contribution in [0.3, 0.4) is 0 Å². The fourth-order valence-corrected chi connectivity index (χ4v) is 3.02. The van der Waals surface area contributed by atoms with Gasteiger partial charge in [0, 0.05) is 12.1 Å². The van der Waals surface area contributed by atoms with Gasteiger partial charge < -0.3 is 21.3 Å². The third-order valence-electron chi connectivity index (χ3n) is 4.09. The Hall–Kier alpha value is -0.940. The molecule has 0 amide bonds. The topological polar surface area (TPSA) is 78.5 Å². The van der Waals surface area contributed by atoms with Gasteiger partial charge in [-0.25, -0.2) is 0 Å². The zero-order valence-electron chi connectivity index (χ0n) is 11.3. The second-order valence-corrected chi connectivity index (χ2v) is 5.36. The summed E-state index contributed by atoms with van der Waals surface area (Å²) in [5, 5.41) is 21.9. The van der Waals surface area contributed by atoms with Crippen molar-refractivity contribution in [1.29, 1.82) is 0 Å². The number of nitrogens with two attached hydrogens (primary N) is 1. The van der Waals surface area contributed by atoms with E-state index in [1.165, 1.54) is 24.8 Å². The van der Waals surface area contributed by atoms with Gasteiger partial charge in [0.25, 0.3) is 0 Å². The Kier molecular flexibility index (Phi) is 4.93. The lowest BCUT2D eigenvalue weighted by atomic mass is 9.76. The van der Waals surface area contributed by atoms with Gasteiger partial charge in [0.1, 0.15) is 6.23 Å². The summed E-state index contributed by atoms with van der Waals surface area (Å²) in [5.41, 5.74) is 7.39. The van der Waals surface area contributed by atoms with Crippen molar-refractivity contribution in [3.05, 3.63) is 35.4 Å². The monoisotopic (exact) mass is 264 g/mol. The maximum Gasteiger partial charge on any atom is 0.128 e. The molecule has 0 aromatic heterocycles. The van der Waals surface area contributed by atoms with E-state index in [1.807, 2.05) is 24.3 Å². The largest absolute Gasteiger partial charge is 0.395 e. The van der Waals surface area contributed by atoms with Crippen LogP contribution in [0, 0.1) is 0 Å². The van der Waals surface area contributed by atoms with Gasteiger partial charge >= 0.3 is 0 Å². The van der Waals surface area contributed by atoms with Crippen LogP contribution >= 0.6 is 0 Å². The van der Waals surface area contributed by atoms with Gasteiger partial charge in [0.15, 0.2) is 0 Å². The predicted molar refractivity (Wildman–Crippen MR) is 75.4 cm³/mol. The smallest absolute Gasteiger partial charge is 0.128 e. The quantitative estimate of drug-likeness (QED) is 0.606. The van der Waals surface area contributed by atoms with Crippen molar-refractivity contribution in [3.63, 3.8) is 0 Å². The molecule has 1 saturated carbocycles. The summed E-state index contributed by atoms with van der Waals surface area (Å²) in [6.45, 7) is 0.766. The van der Waals surface area contributed by atoms with E-state index < -0.39 is 6.23 Å². The number of rotatable bonds is 5. The van der Waals surface area contributed by atoms with Crippen LogP contribution in [-0.2, 0) is 5.54 Å². The zero-order chi connectivity index (χ0) is 13.7. The first-order valence-corrected chi connectivity index (χ1v) is 7.08. The average molecular weight is 264 g/mol. The molecule has 1 aromatic rings. The molecule has 106 valence electrons. The Balaban J connectivity index is 2.21. The minimum Gasteiger partial charge on any atom is -0.395 e. The van der Waals surface area contributed by atoms with Crippen molar-refractivity contribution in [2.75, 3.05) is 13.2 Å². The van der Waals surface area contributed by atoms with Gasteiger partial charge in [-0.3, -0.25) is 0 Å². The average Bonchev–Trinajstić information content (AvgIpc) is 2.46. The fraction of sp³-hybridized carbons (Fsp3) is 0.600. The molecule has 4 nitrogen and oxygen atoms in total. The van der Waals surface area contributed by atoms with Gasteiger partial charge in [-0.1, -0.05) is 43.5 Å². The van der Waals surface area contributed by atoms with Crippen molar-refractivity contribution < 1.29 is 10.2 Å². The minimum atomic E-state index is -0.915. The van der Waals surface area contributed by atoms with Crippen molar-refractivity contribution in [2.45, 2.75) is 43.9 Å². The molecule has 0 aliphatic heterocycles. The first-order chi connectivity index (χ1) is 9.18. The maximum absolute atomic E-state index is 9.36. The lowest BCUT2D eigenvalue weighted by molar-refractivity contribution is 0.185. The summed E-state index contributed by atoms with van der Waals surface area (Å²) in [6, 6.07) is 7.86. The summed E-state index contributed by atoms with van der Waals surface area (Å²) in [4.78, 5) is 0. The Bertz CT molecular complexity index is 384. The number of hydrogen-bond acceptors (Lipinski definition) is 4. The minimum absolute atomic E-state index is 0.0287. The molecule has 1 fully saturated rings. The second kappa shape index (κ2) is 6.48.